The fourth-order valence-electron chi connectivity index (χ4n) is 2.57. The standard InChI is InChI=1S/C21H15ClFNO2/c22-16-10-11-19(17(13-16)21(26)14-6-2-1-3-7-14)24-20(25)12-15-8-4-5-9-18(15)23/h1-11,13H,12H2,(H,24,25). The lowest BCUT2D eigenvalue weighted by molar-refractivity contribution is -0.115. The highest BCUT2D eigenvalue weighted by Crippen LogP contribution is 2.24. The molecule has 5 heteroatoms. The lowest BCUT2D eigenvalue weighted by atomic mass is 10.0. The average Bonchev–Trinajstić information content (AvgIpc) is 2.65. The van der Waals surface area contributed by atoms with Crippen molar-refractivity contribution in [2.24, 2.45) is 0 Å². The molecule has 0 unspecified atom stereocenters. The number of rotatable bonds is 5. The van der Waals surface area contributed by atoms with E-state index in [0.29, 0.717) is 16.3 Å². The van der Waals surface area contributed by atoms with Crippen molar-refractivity contribution in [2.75, 3.05) is 5.32 Å². The Morgan fingerprint density at radius 3 is 2.35 bits per heavy atom. The van der Waals surface area contributed by atoms with Crippen molar-refractivity contribution < 1.29 is 14.0 Å². The normalized spacial score (nSPS) is 10.4. The zero-order valence-electron chi connectivity index (χ0n) is 13.7. The van der Waals surface area contributed by atoms with Gasteiger partial charge in [0.25, 0.3) is 0 Å². The minimum Gasteiger partial charge on any atom is -0.325 e. The minimum atomic E-state index is -0.445. The SMILES string of the molecule is O=C(Cc1ccccc1F)Nc1ccc(Cl)cc1C(=O)c1ccccc1. The Labute approximate surface area is 155 Å². The average molecular weight is 368 g/mol. The maximum absolute atomic E-state index is 13.7. The summed E-state index contributed by atoms with van der Waals surface area (Å²) in [5, 5.41) is 3.06. The van der Waals surface area contributed by atoms with Gasteiger partial charge in [-0.05, 0) is 29.8 Å². The molecular weight excluding hydrogens is 353 g/mol. The Morgan fingerprint density at radius 2 is 1.62 bits per heavy atom. The number of benzene rings is 3. The molecule has 1 amide bonds. The molecule has 0 aliphatic carbocycles. The molecule has 0 aromatic heterocycles. The first-order chi connectivity index (χ1) is 12.5. The van der Waals surface area contributed by atoms with E-state index in [1.54, 1.807) is 54.6 Å². The van der Waals surface area contributed by atoms with Gasteiger partial charge in [-0.25, -0.2) is 4.39 Å². The van der Waals surface area contributed by atoms with Gasteiger partial charge in [-0.15, -0.1) is 0 Å². The molecule has 0 aliphatic rings. The van der Waals surface area contributed by atoms with Crippen LogP contribution >= 0.6 is 11.6 Å². The predicted molar refractivity (Wildman–Crippen MR) is 100 cm³/mol. The zero-order chi connectivity index (χ0) is 18.5. The van der Waals surface area contributed by atoms with Crippen LogP contribution in [0.3, 0.4) is 0 Å². The molecule has 0 radical (unpaired) electrons. The topological polar surface area (TPSA) is 46.2 Å². The quantitative estimate of drug-likeness (QED) is 0.652. The van der Waals surface area contributed by atoms with E-state index in [0.717, 1.165) is 0 Å². The van der Waals surface area contributed by atoms with Crippen molar-refractivity contribution in [3.63, 3.8) is 0 Å². The van der Waals surface area contributed by atoms with Gasteiger partial charge in [0, 0.05) is 16.1 Å². The highest BCUT2D eigenvalue weighted by molar-refractivity contribution is 6.31. The van der Waals surface area contributed by atoms with Crippen LogP contribution in [0, 0.1) is 5.82 Å². The smallest absolute Gasteiger partial charge is 0.228 e. The summed E-state index contributed by atoms with van der Waals surface area (Å²) >= 11 is 6.02. The summed E-state index contributed by atoms with van der Waals surface area (Å²) in [6.07, 6.45) is -0.131. The van der Waals surface area contributed by atoms with Gasteiger partial charge < -0.3 is 5.32 Å². The van der Waals surface area contributed by atoms with E-state index in [1.165, 1.54) is 12.1 Å². The molecule has 0 saturated carbocycles. The van der Waals surface area contributed by atoms with Crippen LogP contribution in [0.2, 0.25) is 5.02 Å². The largest absolute Gasteiger partial charge is 0.325 e. The van der Waals surface area contributed by atoms with Gasteiger partial charge in [-0.3, -0.25) is 9.59 Å². The molecule has 1 N–H and O–H groups in total. The lowest BCUT2D eigenvalue weighted by Crippen LogP contribution is -2.17. The second-order valence-electron chi connectivity index (χ2n) is 5.70. The number of amides is 1. The molecule has 3 aromatic rings. The Balaban J connectivity index is 1.85. The third-order valence-electron chi connectivity index (χ3n) is 3.85. The molecule has 0 aliphatic heterocycles. The van der Waals surface area contributed by atoms with Crippen molar-refractivity contribution in [3.8, 4) is 0 Å². The summed E-state index contributed by atoms with van der Waals surface area (Å²) in [6, 6.07) is 19.4. The zero-order valence-corrected chi connectivity index (χ0v) is 14.5. The molecule has 0 atom stereocenters. The van der Waals surface area contributed by atoms with Crippen LogP contribution in [-0.2, 0) is 11.2 Å². The van der Waals surface area contributed by atoms with E-state index in [1.807, 2.05) is 6.07 Å². The van der Waals surface area contributed by atoms with Crippen LogP contribution in [-0.4, -0.2) is 11.7 Å². The summed E-state index contributed by atoms with van der Waals surface area (Å²) < 4.78 is 13.7. The van der Waals surface area contributed by atoms with Gasteiger partial charge in [0.2, 0.25) is 5.91 Å². The van der Waals surface area contributed by atoms with Crippen LogP contribution in [0.1, 0.15) is 21.5 Å². The van der Waals surface area contributed by atoms with Crippen molar-refractivity contribution in [1.29, 1.82) is 0 Å². The van der Waals surface area contributed by atoms with Gasteiger partial charge >= 0.3 is 0 Å². The second-order valence-corrected chi connectivity index (χ2v) is 6.14. The molecule has 0 fully saturated rings. The van der Waals surface area contributed by atoms with E-state index < -0.39 is 11.7 Å². The summed E-state index contributed by atoms with van der Waals surface area (Å²) in [6.45, 7) is 0. The van der Waals surface area contributed by atoms with Crippen LogP contribution in [0.25, 0.3) is 0 Å². The van der Waals surface area contributed by atoms with Crippen LogP contribution in [0.5, 0.6) is 0 Å². The van der Waals surface area contributed by atoms with E-state index in [9.17, 15) is 14.0 Å². The Morgan fingerprint density at radius 1 is 0.923 bits per heavy atom. The lowest BCUT2D eigenvalue weighted by Gasteiger charge is -2.11. The van der Waals surface area contributed by atoms with E-state index >= 15 is 0 Å². The number of hydrogen-bond donors (Lipinski definition) is 1. The summed E-state index contributed by atoms with van der Waals surface area (Å²) in [4.78, 5) is 25.1. The summed E-state index contributed by atoms with van der Waals surface area (Å²) in [5.41, 5.74) is 1.39. The molecule has 130 valence electrons. The molecule has 0 bridgehead atoms. The van der Waals surface area contributed by atoms with Gasteiger partial charge in [0.05, 0.1) is 12.1 Å². The molecule has 0 heterocycles. The molecule has 0 saturated heterocycles. The molecule has 3 nitrogen and oxygen atoms in total. The number of carbonyl (C=O) groups excluding carboxylic acids is 2. The molecule has 3 rings (SSSR count). The maximum atomic E-state index is 13.7. The summed E-state index contributed by atoms with van der Waals surface area (Å²) in [5.74, 6) is -1.12. The second kappa shape index (κ2) is 7.93. The molecule has 26 heavy (non-hydrogen) atoms. The van der Waals surface area contributed by atoms with Gasteiger partial charge in [-0.1, -0.05) is 60.1 Å². The highest BCUT2D eigenvalue weighted by Gasteiger charge is 2.16. The van der Waals surface area contributed by atoms with Crippen molar-refractivity contribution in [3.05, 3.63) is 100 Å². The highest BCUT2D eigenvalue weighted by atomic mass is 35.5. The number of hydrogen-bond acceptors (Lipinski definition) is 2. The molecule has 0 spiro atoms. The van der Waals surface area contributed by atoms with E-state index in [4.69, 9.17) is 11.6 Å². The van der Waals surface area contributed by atoms with Crippen molar-refractivity contribution >= 4 is 29.0 Å². The fourth-order valence-corrected chi connectivity index (χ4v) is 2.74. The number of nitrogens with one attached hydrogen (secondary N) is 1. The Bertz CT molecular complexity index is 957. The van der Waals surface area contributed by atoms with Gasteiger partial charge in [0.15, 0.2) is 5.78 Å². The number of ketones is 1. The third-order valence-corrected chi connectivity index (χ3v) is 4.08. The van der Waals surface area contributed by atoms with E-state index in [-0.39, 0.29) is 23.3 Å². The number of anilines is 1. The first-order valence-corrected chi connectivity index (χ1v) is 8.35. The first-order valence-electron chi connectivity index (χ1n) is 7.97. The van der Waals surface area contributed by atoms with Crippen LogP contribution in [0.15, 0.2) is 72.8 Å². The van der Waals surface area contributed by atoms with Crippen LogP contribution < -0.4 is 5.32 Å². The van der Waals surface area contributed by atoms with Gasteiger partial charge in [0.1, 0.15) is 5.82 Å². The van der Waals surface area contributed by atoms with E-state index in [2.05, 4.69) is 5.32 Å². The Kier molecular flexibility index (Phi) is 5.44. The molecular formula is C21H15ClFNO2. The third kappa shape index (κ3) is 4.16. The van der Waals surface area contributed by atoms with Crippen molar-refractivity contribution in [1.82, 2.24) is 0 Å². The van der Waals surface area contributed by atoms with Crippen molar-refractivity contribution in [2.45, 2.75) is 6.42 Å². The summed E-state index contributed by atoms with van der Waals surface area (Å²) in [7, 11) is 0. The Hall–Kier alpha value is -2.98. The maximum Gasteiger partial charge on any atom is 0.228 e. The molecule has 3 aromatic carbocycles. The first kappa shape index (κ1) is 17.8. The van der Waals surface area contributed by atoms with Crippen LogP contribution in [0.4, 0.5) is 10.1 Å². The minimum absolute atomic E-state index is 0.131. The monoisotopic (exact) mass is 367 g/mol. The fraction of sp³-hybridized carbons (Fsp3) is 0.0476. The predicted octanol–water partition coefficient (Wildman–Crippen LogP) is 4.89. The number of halogens is 2. The number of carbonyl (C=O) groups is 2. The van der Waals surface area contributed by atoms with Gasteiger partial charge in [-0.2, -0.15) is 0 Å².